The number of carbonyl (C=O) groups is 2. The fourth-order valence-electron chi connectivity index (χ4n) is 3.58. The lowest BCUT2D eigenvalue weighted by Gasteiger charge is -2.29. The zero-order valence-corrected chi connectivity index (χ0v) is 21.2. The SMILES string of the molecule is C[C@H](C(=O)NC1CCCC1)N(Cc1ccc(Br)cc1)C(=O)COc1ccc(Br)cc1Cl. The normalized spacial score (nSPS) is 14.8. The molecule has 1 fully saturated rings. The molecule has 0 heterocycles. The van der Waals surface area contributed by atoms with Crippen LogP contribution in [-0.2, 0) is 16.1 Å². The molecule has 0 radical (unpaired) electrons. The summed E-state index contributed by atoms with van der Waals surface area (Å²) in [6.45, 7) is 1.86. The van der Waals surface area contributed by atoms with E-state index >= 15 is 0 Å². The van der Waals surface area contributed by atoms with Crippen LogP contribution in [0.1, 0.15) is 38.2 Å². The number of carbonyl (C=O) groups excluding carboxylic acids is 2. The maximum atomic E-state index is 13.1. The van der Waals surface area contributed by atoms with Crippen molar-refractivity contribution in [3.05, 3.63) is 62.0 Å². The number of nitrogens with zero attached hydrogens (tertiary/aromatic N) is 1. The first-order valence-corrected chi connectivity index (χ1v) is 12.2. The summed E-state index contributed by atoms with van der Waals surface area (Å²) in [5.41, 5.74) is 0.929. The number of halogens is 3. The van der Waals surface area contributed by atoms with Crippen molar-refractivity contribution < 1.29 is 14.3 Å². The van der Waals surface area contributed by atoms with Crippen LogP contribution in [0.2, 0.25) is 5.02 Å². The Morgan fingerprint density at radius 1 is 1.13 bits per heavy atom. The lowest BCUT2D eigenvalue weighted by atomic mass is 10.1. The van der Waals surface area contributed by atoms with Gasteiger partial charge < -0.3 is 15.0 Å². The predicted molar refractivity (Wildman–Crippen MR) is 129 cm³/mol. The number of rotatable bonds is 8. The number of amides is 2. The maximum Gasteiger partial charge on any atom is 0.261 e. The van der Waals surface area contributed by atoms with Gasteiger partial charge in [-0.15, -0.1) is 0 Å². The summed E-state index contributed by atoms with van der Waals surface area (Å²) in [4.78, 5) is 27.5. The minimum absolute atomic E-state index is 0.140. The van der Waals surface area contributed by atoms with Crippen molar-refractivity contribution in [1.29, 1.82) is 0 Å². The van der Waals surface area contributed by atoms with E-state index in [9.17, 15) is 9.59 Å². The van der Waals surface area contributed by atoms with Gasteiger partial charge >= 0.3 is 0 Å². The number of nitrogens with one attached hydrogen (secondary N) is 1. The third-order valence-corrected chi connectivity index (χ3v) is 6.70. The van der Waals surface area contributed by atoms with E-state index < -0.39 is 6.04 Å². The molecule has 5 nitrogen and oxygen atoms in total. The van der Waals surface area contributed by atoms with Crippen LogP contribution in [0, 0.1) is 0 Å². The van der Waals surface area contributed by atoms with Gasteiger partial charge in [0, 0.05) is 21.5 Å². The van der Waals surface area contributed by atoms with Crippen LogP contribution in [-0.4, -0.2) is 35.4 Å². The Bertz CT molecular complexity index is 918. The molecule has 1 atom stereocenters. The second kappa shape index (κ2) is 11.3. The highest BCUT2D eigenvalue weighted by molar-refractivity contribution is 9.10. The molecule has 0 aliphatic heterocycles. The summed E-state index contributed by atoms with van der Waals surface area (Å²) < 4.78 is 7.45. The Labute approximate surface area is 204 Å². The van der Waals surface area contributed by atoms with E-state index in [2.05, 4.69) is 37.2 Å². The minimum Gasteiger partial charge on any atom is -0.482 e. The number of hydrogen-bond donors (Lipinski definition) is 1. The van der Waals surface area contributed by atoms with Crippen LogP contribution < -0.4 is 10.1 Å². The molecular formula is C23H25Br2ClN2O3. The van der Waals surface area contributed by atoms with Crippen molar-refractivity contribution in [3.8, 4) is 5.75 Å². The standard InChI is InChI=1S/C23H25Br2ClN2O3/c1-15(23(30)27-19-4-2-3-5-19)28(13-16-6-8-17(24)9-7-16)22(29)14-31-21-11-10-18(25)12-20(21)26/h6-12,15,19H,2-5,13-14H2,1H3,(H,27,30)/t15-/m1/s1. The highest BCUT2D eigenvalue weighted by Gasteiger charge is 2.28. The van der Waals surface area contributed by atoms with Crippen molar-refractivity contribution >= 4 is 55.3 Å². The van der Waals surface area contributed by atoms with E-state index in [0.29, 0.717) is 17.3 Å². The zero-order valence-electron chi connectivity index (χ0n) is 17.2. The number of hydrogen-bond acceptors (Lipinski definition) is 3. The zero-order chi connectivity index (χ0) is 22.4. The Hall–Kier alpha value is -1.57. The average Bonchev–Trinajstić information content (AvgIpc) is 3.25. The van der Waals surface area contributed by atoms with Gasteiger partial charge in [0.1, 0.15) is 11.8 Å². The van der Waals surface area contributed by atoms with Crippen LogP contribution in [0.25, 0.3) is 0 Å². The van der Waals surface area contributed by atoms with Crippen LogP contribution in [0.15, 0.2) is 51.4 Å². The van der Waals surface area contributed by atoms with Crippen LogP contribution in [0.5, 0.6) is 5.75 Å². The molecule has 2 aromatic rings. The Morgan fingerprint density at radius 3 is 2.42 bits per heavy atom. The van der Waals surface area contributed by atoms with Crippen molar-refractivity contribution in [2.45, 2.75) is 51.2 Å². The molecule has 0 bridgehead atoms. The van der Waals surface area contributed by atoms with Gasteiger partial charge in [-0.1, -0.05) is 68.4 Å². The highest BCUT2D eigenvalue weighted by atomic mass is 79.9. The largest absolute Gasteiger partial charge is 0.482 e. The van der Waals surface area contributed by atoms with Gasteiger partial charge in [0.15, 0.2) is 6.61 Å². The van der Waals surface area contributed by atoms with Gasteiger partial charge in [-0.2, -0.15) is 0 Å². The first-order valence-electron chi connectivity index (χ1n) is 10.3. The fourth-order valence-corrected chi connectivity index (χ4v) is 4.57. The second-order valence-corrected chi connectivity index (χ2v) is 9.92. The first kappa shape index (κ1) is 24.1. The van der Waals surface area contributed by atoms with Crippen molar-refractivity contribution in [1.82, 2.24) is 10.2 Å². The van der Waals surface area contributed by atoms with Crippen molar-refractivity contribution in [2.24, 2.45) is 0 Å². The van der Waals surface area contributed by atoms with Crippen molar-refractivity contribution in [3.63, 3.8) is 0 Å². The molecule has 2 amide bonds. The van der Waals surface area contributed by atoms with Gasteiger partial charge in [-0.25, -0.2) is 0 Å². The molecule has 31 heavy (non-hydrogen) atoms. The van der Waals surface area contributed by atoms with Crippen molar-refractivity contribution in [2.75, 3.05) is 6.61 Å². The van der Waals surface area contributed by atoms with E-state index in [-0.39, 0.29) is 24.5 Å². The van der Waals surface area contributed by atoms with E-state index in [1.54, 1.807) is 30.0 Å². The summed E-state index contributed by atoms with van der Waals surface area (Å²) in [5, 5.41) is 3.50. The molecule has 0 saturated heterocycles. The predicted octanol–water partition coefficient (Wildman–Crippen LogP) is 5.72. The Balaban J connectivity index is 1.72. The molecule has 166 valence electrons. The summed E-state index contributed by atoms with van der Waals surface area (Å²) in [5.74, 6) is -0.000111. The quantitative estimate of drug-likeness (QED) is 0.440. The fraction of sp³-hybridized carbons (Fsp3) is 0.391. The average molecular weight is 573 g/mol. The van der Waals surface area contributed by atoms with E-state index in [0.717, 1.165) is 40.2 Å². The molecule has 0 unspecified atom stereocenters. The Kier molecular flexibility index (Phi) is 8.81. The van der Waals surface area contributed by atoms with E-state index in [1.165, 1.54) is 0 Å². The molecule has 1 N–H and O–H groups in total. The molecule has 0 aromatic heterocycles. The lowest BCUT2D eigenvalue weighted by Crippen LogP contribution is -2.50. The molecule has 0 spiro atoms. The molecule has 8 heteroatoms. The van der Waals surface area contributed by atoms with Crippen LogP contribution >= 0.6 is 43.5 Å². The molecule has 1 saturated carbocycles. The summed E-state index contributed by atoms with van der Waals surface area (Å²) >= 11 is 13.0. The van der Waals surface area contributed by atoms with Gasteiger partial charge in [0.05, 0.1) is 5.02 Å². The Morgan fingerprint density at radius 2 is 1.77 bits per heavy atom. The molecule has 1 aliphatic carbocycles. The molecule has 1 aliphatic rings. The number of ether oxygens (including phenoxy) is 1. The maximum absolute atomic E-state index is 13.1. The van der Waals surface area contributed by atoms with Gasteiger partial charge in [-0.3, -0.25) is 9.59 Å². The third-order valence-electron chi connectivity index (χ3n) is 5.38. The monoisotopic (exact) mass is 570 g/mol. The molecular weight excluding hydrogens is 548 g/mol. The first-order chi connectivity index (χ1) is 14.8. The smallest absolute Gasteiger partial charge is 0.261 e. The lowest BCUT2D eigenvalue weighted by molar-refractivity contribution is -0.142. The van der Waals surface area contributed by atoms with Gasteiger partial charge in [0.2, 0.25) is 5.91 Å². The summed E-state index contributed by atoms with van der Waals surface area (Å²) in [6, 6.07) is 12.5. The van der Waals surface area contributed by atoms with Crippen LogP contribution in [0.4, 0.5) is 0 Å². The number of benzene rings is 2. The van der Waals surface area contributed by atoms with Crippen LogP contribution in [0.3, 0.4) is 0 Å². The topological polar surface area (TPSA) is 58.6 Å². The summed E-state index contributed by atoms with van der Waals surface area (Å²) in [6.07, 6.45) is 4.24. The third kappa shape index (κ3) is 6.96. The van der Waals surface area contributed by atoms with E-state index in [1.807, 2.05) is 24.3 Å². The highest BCUT2D eigenvalue weighted by Crippen LogP contribution is 2.28. The van der Waals surface area contributed by atoms with Gasteiger partial charge in [-0.05, 0) is 55.7 Å². The minimum atomic E-state index is -0.624. The molecule has 3 rings (SSSR count). The summed E-state index contributed by atoms with van der Waals surface area (Å²) in [7, 11) is 0. The van der Waals surface area contributed by atoms with E-state index in [4.69, 9.17) is 16.3 Å². The van der Waals surface area contributed by atoms with Gasteiger partial charge in [0.25, 0.3) is 5.91 Å². The molecule has 2 aromatic carbocycles. The second-order valence-electron chi connectivity index (χ2n) is 7.68.